The number of para-hydroxylation sites is 1. The number of carboxylic acid groups (broad SMARTS) is 1. The van der Waals surface area contributed by atoms with E-state index in [0.717, 1.165) is 10.9 Å². The van der Waals surface area contributed by atoms with Crippen molar-refractivity contribution in [2.24, 2.45) is 23.3 Å². The van der Waals surface area contributed by atoms with Crippen LogP contribution in [0.4, 0.5) is 0 Å². The molecule has 0 aliphatic rings. The van der Waals surface area contributed by atoms with Gasteiger partial charge in [-0.3, -0.25) is 43.2 Å². The molecule has 25 nitrogen and oxygen atoms in total. The van der Waals surface area contributed by atoms with Gasteiger partial charge in [0, 0.05) is 48.3 Å². The van der Waals surface area contributed by atoms with Gasteiger partial charge in [-0.1, -0.05) is 89.1 Å². The zero-order chi connectivity index (χ0) is 57.5. The Morgan fingerprint density at radius 1 is 0.654 bits per heavy atom. The molecular formula is C52H73N13O12S. The third-order valence-electron chi connectivity index (χ3n) is 13.1. The number of carbonyl (C=O) groups is 10. The van der Waals surface area contributed by atoms with Crippen LogP contribution in [0.5, 0.6) is 0 Å². The van der Waals surface area contributed by atoms with E-state index < -0.39 is 139 Å². The van der Waals surface area contributed by atoms with Crippen molar-refractivity contribution in [1.29, 1.82) is 0 Å². The molecule has 2 aromatic heterocycles. The van der Waals surface area contributed by atoms with Crippen molar-refractivity contribution in [1.82, 2.24) is 57.5 Å². The number of hydrogen-bond acceptors (Lipinski definition) is 14. The number of fused-ring (bicyclic) bond motifs is 1. The Hall–Kier alpha value is -7.84. The Kier molecular flexibility index (Phi) is 25.2. The summed E-state index contributed by atoms with van der Waals surface area (Å²) in [5.41, 5.74) is 14.3. The van der Waals surface area contributed by atoms with Crippen molar-refractivity contribution in [2.45, 2.75) is 121 Å². The predicted molar refractivity (Wildman–Crippen MR) is 289 cm³/mol. The third kappa shape index (κ3) is 19.3. The van der Waals surface area contributed by atoms with Crippen LogP contribution in [0.2, 0.25) is 0 Å². The van der Waals surface area contributed by atoms with Gasteiger partial charge in [-0.25, -0.2) is 9.78 Å². The van der Waals surface area contributed by atoms with Crippen LogP contribution in [-0.4, -0.2) is 158 Å². The van der Waals surface area contributed by atoms with E-state index in [1.54, 1.807) is 82.4 Å². The quantitative estimate of drug-likeness (QED) is 0.0260. The normalized spacial score (nSPS) is 15.0. The second-order valence-corrected chi connectivity index (χ2v) is 19.9. The van der Waals surface area contributed by atoms with Crippen molar-refractivity contribution < 1.29 is 58.2 Å². The molecule has 0 aliphatic carbocycles. The van der Waals surface area contributed by atoms with Crippen molar-refractivity contribution >= 4 is 81.8 Å². The summed E-state index contributed by atoms with van der Waals surface area (Å²) >= 11 is 1.41. The maximum Gasteiger partial charge on any atom is 0.326 e. The van der Waals surface area contributed by atoms with E-state index in [2.05, 4.69) is 57.5 Å². The van der Waals surface area contributed by atoms with E-state index in [4.69, 9.17) is 11.5 Å². The maximum absolute atomic E-state index is 14.6. The summed E-state index contributed by atoms with van der Waals surface area (Å²) in [6.07, 6.45) is 6.30. The average molecular weight is 1100 g/mol. The molecule has 0 radical (unpaired) electrons. The second-order valence-electron chi connectivity index (χ2n) is 18.9. The molecule has 26 heteroatoms. The Morgan fingerprint density at radius 2 is 1.23 bits per heavy atom. The number of carbonyl (C=O) groups excluding carboxylic acids is 9. The molecule has 4 aromatic rings. The van der Waals surface area contributed by atoms with Gasteiger partial charge in [0.05, 0.1) is 31.9 Å². The lowest BCUT2D eigenvalue weighted by molar-refractivity contribution is -0.143. The minimum Gasteiger partial charge on any atom is -0.480 e. The number of H-pyrrole nitrogens is 2. The van der Waals surface area contributed by atoms with Crippen LogP contribution in [0.1, 0.15) is 70.2 Å². The van der Waals surface area contributed by atoms with Crippen molar-refractivity contribution in [3.05, 3.63) is 90.1 Å². The first-order valence-corrected chi connectivity index (χ1v) is 26.9. The summed E-state index contributed by atoms with van der Waals surface area (Å²) < 4.78 is 0. The smallest absolute Gasteiger partial charge is 0.326 e. The van der Waals surface area contributed by atoms with Gasteiger partial charge in [0.25, 0.3) is 0 Å². The fraction of sp³-hybridized carbons (Fsp3) is 0.481. The molecule has 424 valence electrons. The molecule has 2 aromatic carbocycles. The molecule has 9 amide bonds. The molecule has 0 unspecified atom stereocenters. The summed E-state index contributed by atoms with van der Waals surface area (Å²) in [6, 6.07) is 4.50. The van der Waals surface area contributed by atoms with Crippen LogP contribution >= 0.6 is 11.8 Å². The molecule has 16 N–H and O–H groups in total. The number of thioether (sulfide) groups is 1. The Balaban J connectivity index is 1.58. The highest BCUT2D eigenvalue weighted by Crippen LogP contribution is 2.20. The summed E-state index contributed by atoms with van der Waals surface area (Å²) in [7, 11) is 0. The second kappa shape index (κ2) is 31.4. The fourth-order valence-corrected chi connectivity index (χ4v) is 8.61. The number of hydrogen-bond donors (Lipinski definition) is 14. The van der Waals surface area contributed by atoms with Crippen molar-refractivity contribution in [2.75, 3.05) is 25.2 Å². The largest absolute Gasteiger partial charge is 0.480 e. The van der Waals surface area contributed by atoms with Crippen LogP contribution in [0, 0.1) is 11.8 Å². The minimum absolute atomic E-state index is 0.0910. The van der Waals surface area contributed by atoms with E-state index >= 15 is 0 Å². The number of amides is 9. The number of aromatic nitrogens is 3. The number of benzene rings is 2. The molecular weight excluding hydrogens is 1030 g/mol. The highest BCUT2D eigenvalue weighted by molar-refractivity contribution is 7.98. The predicted octanol–water partition coefficient (Wildman–Crippen LogP) is -1.45. The zero-order valence-electron chi connectivity index (χ0n) is 44.3. The average Bonchev–Trinajstić information content (AvgIpc) is 4.10. The zero-order valence-corrected chi connectivity index (χ0v) is 45.1. The molecule has 4 rings (SSSR count). The lowest BCUT2D eigenvalue weighted by Gasteiger charge is -2.29. The van der Waals surface area contributed by atoms with Crippen LogP contribution in [0.15, 0.2) is 73.3 Å². The van der Waals surface area contributed by atoms with Gasteiger partial charge in [0.2, 0.25) is 53.2 Å². The van der Waals surface area contributed by atoms with Crippen molar-refractivity contribution in [3.63, 3.8) is 0 Å². The van der Waals surface area contributed by atoms with Gasteiger partial charge >= 0.3 is 5.97 Å². The third-order valence-corrected chi connectivity index (χ3v) is 13.7. The molecule has 0 saturated carbocycles. The van der Waals surface area contributed by atoms with Gasteiger partial charge in [-0.15, -0.1) is 0 Å². The van der Waals surface area contributed by atoms with E-state index in [0.29, 0.717) is 35.4 Å². The number of nitrogens with two attached hydrogens (primary N) is 2. The minimum atomic E-state index is -1.74. The standard InChI is InChI=1S/C52H73N13O12S/c1-6-28(3)43(51(75)63-40(26-66)46(70)57-25-42(68)64-44(52(76)77)29(4)7-2)65-50(74)37(19-30-13-9-8-10-14-30)60-49(73)39(22-41(54)67)62-48(72)38(20-31-23-56-35-16-12-11-15-33(31)35)61-47(71)36(17-18-78-5)59-45(69)34(53)21-32-24-55-27-58-32/h8-16,23-24,27-29,34,36-40,43-44,56,66H,6-7,17-22,25-26,53H2,1-5H3,(H2,54,67)(H,55,58)(H,57,70)(H,59,69)(H,60,73)(H,61,71)(H,62,72)(H,63,75)(H,64,68)(H,65,74)(H,76,77)/t28-,29-,34-,36-,37-,38-,39-,40-,43-,44-/m0/s1. The number of primary amides is 1. The van der Waals surface area contributed by atoms with Gasteiger partial charge in [0.1, 0.15) is 42.3 Å². The number of rotatable bonds is 33. The van der Waals surface area contributed by atoms with E-state index in [-0.39, 0.29) is 25.7 Å². The summed E-state index contributed by atoms with van der Waals surface area (Å²) in [5.74, 6) is -9.92. The number of nitrogens with one attached hydrogen (secondary N) is 10. The number of imidazole rings is 1. The first kappa shape index (κ1) is 62.7. The molecule has 0 aliphatic heterocycles. The van der Waals surface area contributed by atoms with Crippen LogP contribution in [0.25, 0.3) is 10.9 Å². The van der Waals surface area contributed by atoms with Crippen LogP contribution in [-0.2, 0) is 67.2 Å². The number of aromatic amines is 2. The number of aliphatic hydroxyl groups is 1. The SMILES string of the molecule is CC[C@H](C)[C@H](NC(=O)CNC(=O)[C@H](CO)NC(=O)[C@@H](NC(=O)[C@H](Cc1ccccc1)NC(=O)[C@H](CC(N)=O)NC(=O)[C@H](Cc1c[nH]c2ccccc12)NC(=O)[C@H](CCSC)NC(=O)[C@@H](N)Cc1cnc[nH]1)[C@@H](C)CC)C(=O)O. The Labute approximate surface area is 455 Å². The monoisotopic (exact) mass is 1100 g/mol. The number of aliphatic carboxylic acids is 1. The summed E-state index contributed by atoms with van der Waals surface area (Å²) in [6.45, 7) is 5.12. The van der Waals surface area contributed by atoms with E-state index in [1.807, 2.05) is 12.3 Å². The number of aliphatic hydroxyl groups excluding tert-OH is 1. The summed E-state index contributed by atoms with van der Waals surface area (Å²) in [4.78, 5) is 145. The highest BCUT2D eigenvalue weighted by Gasteiger charge is 2.36. The number of nitrogens with zero attached hydrogens (tertiary/aromatic N) is 1. The molecule has 0 saturated heterocycles. The fourth-order valence-electron chi connectivity index (χ4n) is 8.13. The highest BCUT2D eigenvalue weighted by atomic mass is 32.2. The van der Waals surface area contributed by atoms with E-state index in [9.17, 15) is 58.2 Å². The maximum atomic E-state index is 14.6. The number of carboxylic acids is 1. The first-order chi connectivity index (χ1) is 37.2. The lowest BCUT2D eigenvalue weighted by Crippen LogP contribution is -2.61. The first-order valence-electron chi connectivity index (χ1n) is 25.5. The van der Waals surface area contributed by atoms with Gasteiger partial charge in [-0.05, 0) is 47.5 Å². The molecule has 0 bridgehead atoms. The molecule has 78 heavy (non-hydrogen) atoms. The summed E-state index contributed by atoms with van der Waals surface area (Å²) in [5, 5.41) is 40.6. The van der Waals surface area contributed by atoms with Crippen molar-refractivity contribution in [3.8, 4) is 0 Å². The van der Waals surface area contributed by atoms with Gasteiger partial charge in [0.15, 0.2) is 0 Å². The Morgan fingerprint density at radius 3 is 1.85 bits per heavy atom. The van der Waals surface area contributed by atoms with Gasteiger partial charge < -0.3 is 74.2 Å². The molecule has 0 spiro atoms. The molecule has 0 fully saturated rings. The van der Waals surface area contributed by atoms with Crippen LogP contribution < -0.4 is 54.0 Å². The Bertz CT molecular complexity index is 2670. The van der Waals surface area contributed by atoms with Crippen LogP contribution in [0.3, 0.4) is 0 Å². The lowest BCUT2D eigenvalue weighted by atomic mass is 9.96. The van der Waals surface area contributed by atoms with E-state index in [1.165, 1.54) is 24.3 Å². The molecule has 10 atom stereocenters. The molecule has 2 heterocycles. The topological polar surface area (TPSA) is 404 Å². The van der Waals surface area contributed by atoms with Gasteiger partial charge in [-0.2, -0.15) is 11.8 Å².